The molecule has 0 fully saturated rings. The Morgan fingerprint density at radius 3 is 2.67 bits per heavy atom. The third kappa shape index (κ3) is 2.63. The molecular weight excluding hydrogens is 300 g/mol. The quantitative estimate of drug-likeness (QED) is 0.893. The highest BCUT2D eigenvalue weighted by Crippen LogP contribution is 2.37. The SMILES string of the molecule is CCCCC1(C2=Cc3ccccc3ON2)Cc2ccccc2ON1. The van der Waals surface area contributed by atoms with Gasteiger partial charge < -0.3 is 9.68 Å². The average Bonchev–Trinajstić information content (AvgIpc) is 2.66. The third-order valence-corrected chi connectivity index (χ3v) is 4.78. The van der Waals surface area contributed by atoms with E-state index in [9.17, 15) is 0 Å². The Morgan fingerprint density at radius 1 is 1.00 bits per heavy atom. The number of hydroxylamine groups is 2. The summed E-state index contributed by atoms with van der Waals surface area (Å²) in [6.45, 7) is 2.21. The summed E-state index contributed by atoms with van der Waals surface area (Å²) < 4.78 is 0. The van der Waals surface area contributed by atoms with E-state index in [1.165, 1.54) is 5.56 Å². The standard InChI is InChI=1S/C20H22N2O2/c1-2-3-12-20(14-16-9-5-7-11-18(16)24-22-20)19-13-15-8-4-6-10-17(15)23-21-19/h4-11,13,21-22H,2-3,12,14H2,1H3. The molecule has 0 aromatic heterocycles. The fourth-order valence-corrected chi connectivity index (χ4v) is 3.39. The number of unbranched alkanes of at least 4 members (excludes halogenated alkanes) is 1. The van der Waals surface area contributed by atoms with Crippen molar-refractivity contribution in [2.75, 3.05) is 0 Å². The second-order valence-corrected chi connectivity index (χ2v) is 6.47. The first-order chi connectivity index (χ1) is 11.8. The molecule has 2 N–H and O–H groups in total. The van der Waals surface area contributed by atoms with E-state index in [-0.39, 0.29) is 5.54 Å². The molecule has 0 spiro atoms. The molecule has 0 bridgehead atoms. The van der Waals surface area contributed by atoms with Crippen molar-refractivity contribution < 1.29 is 9.68 Å². The van der Waals surface area contributed by atoms with Crippen molar-refractivity contribution in [2.45, 2.75) is 38.1 Å². The van der Waals surface area contributed by atoms with Crippen LogP contribution in [0.1, 0.15) is 37.3 Å². The predicted molar refractivity (Wildman–Crippen MR) is 94.3 cm³/mol. The monoisotopic (exact) mass is 322 g/mol. The Bertz CT molecular complexity index is 772. The molecule has 1 atom stereocenters. The van der Waals surface area contributed by atoms with Gasteiger partial charge in [-0.1, -0.05) is 56.2 Å². The van der Waals surface area contributed by atoms with Gasteiger partial charge in [-0.15, -0.1) is 5.48 Å². The summed E-state index contributed by atoms with van der Waals surface area (Å²) in [5, 5.41) is 0. The average molecular weight is 322 g/mol. The second-order valence-electron chi connectivity index (χ2n) is 6.47. The van der Waals surface area contributed by atoms with Crippen LogP contribution in [0.3, 0.4) is 0 Å². The van der Waals surface area contributed by atoms with Gasteiger partial charge in [0.05, 0.1) is 5.70 Å². The van der Waals surface area contributed by atoms with Gasteiger partial charge in [0.15, 0.2) is 5.75 Å². The lowest BCUT2D eigenvalue weighted by molar-refractivity contribution is 0.0612. The molecule has 2 aromatic carbocycles. The molecule has 124 valence electrons. The van der Waals surface area contributed by atoms with E-state index >= 15 is 0 Å². The van der Waals surface area contributed by atoms with Gasteiger partial charge in [0, 0.05) is 12.0 Å². The van der Waals surface area contributed by atoms with Crippen LogP contribution in [0.5, 0.6) is 11.5 Å². The normalized spacial score (nSPS) is 21.5. The molecule has 4 nitrogen and oxygen atoms in total. The Balaban J connectivity index is 1.72. The zero-order valence-corrected chi connectivity index (χ0v) is 13.8. The first-order valence-electron chi connectivity index (χ1n) is 8.57. The van der Waals surface area contributed by atoms with E-state index < -0.39 is 0 Å². The van der Waals surface area contributed by atoms with Crippen molar-refractivity contribution >= 4 is 6.08 Å². The van der Waals surface area contributed by atoms with Crippen molar-refractivity contribution in [2.24, 2.45) is 0 Å². The van der Waals surface area contributed by atoms with E-state index in [0.717, 1.165) is 48.4 Å². The molecule has 1 unspecified atom stereocenters. The summed E-state index contributed by atoms with van der Waals surface area (Å²) in [4.78, 5) is 11.7. The van der Waals surface area contributed by atoms with E-state index in [1.807, 2.05) is 30.3 Å². The van der Waals surface area contributed by atoms with E-state index in [4.69, 9.17) is 9.68 Å². The first kappa shape index (κ1) is 15.1. The van der Waals surface area contributed by atoms with Gasteiger partial charge in [0.25, 0.3) is 0 Å². The molecule has 2 aromatic rings. The van der Waals surface area contributed by atoms with E-state index in [2.05, 4.69) is 42.2 Å². The number of rotatable bonds is 4. The summed E-state index contributed by atoms with van der Waals surface area (Å²) in [6.07, 6.45) is 6.25. The lowest BCUT2D eigenvalue weighted by Crippen LogP contribution is -2.56. The zero-order chi connectivity index (χ0) is 16.4. The maximum atomic E-state index is 5.89. The Hall–Kier alpha value is -2.46. The van der Waals surface area contributed by atoms with Gasteiger partial charge >= 0.3 is 0 Å². The van der Waals surface area contributed by atoms with E-state index in [0.29, 0.717) is 0 Å². The minimum atomic E-state index is -0.308. The van der Waals surface area contributed by atoms with Gasteiger partial charge in [0.2, 0.25) is 0 Å². The third-order valence-electron chi connectivity index (χ3n) is 4.78. The topological polar surface area (TPSA) is 42.5 Å². The molecule has 24 heavy (non-hydrogen) atoms. The van der Waals surface area contributed by atoms with Crippen molar-refractivity contribution in [1.82, 2.24) is 11.0 Å². The minimum absolute atomic E-state index is 0.308. The molecule has 2 heterocycles. The molecule has 2 aliphatic heterocycles. The molecule has 4 rings (SSSR count). The minimum Gasteiger partial charge on any atom is -0.408 e. The van der Waals surface area contributed by atoms with Gasteiger partial charge in [-0.25, -0.2) is 5.48 Å². The van der Waals surface area contributed by atoms with Crippen LogP contribution >= 0.6 is 0 Å². The Morgan fingerprint density at radius 2 is 1.79 bits per heavy atom. The maximum Gasteiger partial charge on any atom is 0.162 e. The van der Waals surface area contributed by atoms with Crippen LogP contribution in [-0.4, -0.2) is 5.54 Å². The highest BCUT2D eigenvalue weighted by molar-refractivity contribution is 5.63. The smallest absolute Gasteiger partial charge is 0.162 e. The van der Waals surface area contributed by atoms with Crippen LogP contribution in [0.15, 0.2) is 54.2 Å². The molecule has 4 heteroatoms. The molecule has 2 aliphatic rings. The zero-order valence-electron chi connectivity index (χ0n) is 13.8. The molecule has 0 radical (unpaired) electrons. The largest absolute Gasteiger partial charge is 0.408 e. The van der Waals surface area contributed by atoms with Crippen LogP contribution in [0.4, 0.5) is 0 Å². The van der Waals surface area contributed by atoms with Crippen LogP contribution in [0.2, 0.25) is 0 Å². The summed E-state index contributed by atoms with van der Waals surface area (Å²) in [5.41, 5.74) is 9.47. The number of nitrogens with one attached hydrogen (secondary N) is 2. The number of para-hydroxylation sites is 2. The van der Waals surface area contributed by atoms with Gasteiger partial charge in [-0.3, -0.25) is 0 Å². The summed E-state index contributed by atoms with van der Waals surface area (Å²) in [5.74, 6) is 1.76. The summed E-state index contributed by atoms with van der Waals surface area (Å²) >= 11 is 0. The highest BCUT2D eigenvalue weighted by atomic mass is 16.7. The van der Waals surface area contributed by atoms with Crippen LogP contribution < -0.4 is 20.6 Å². The fraction of sp³-hybridized carbons (Fsp3) is 0.300. The van der Waals surface area contributed by atoms with Crippen molar-refractivity contribution in [3.05, 3.63) is 65.4 Å². The Kier molecular flexibility index (Phi) is 3.90. The van der Waals surface area contributed by atoms with Crippen LogP contribution in [0.25, 0.3) is 6.08 Å². The van der Waals surface area contributed by atoms with Gasteiger partial charge in [0.1, 0.15) is 11.3 Å². The van der Waals surface area contributed by atoms with Crippen molar-refractivity contribution in [3.63, 3.8) is 0 Å². The summed E-state index contributed by atoms with van der Waals surface area (Å²) in [7, 11) is 0. The summed E-state index contributed by atoms with van der Waals surface area (Å²) in [6, 6.07) is 16.2. The predicted octanol–water partition coefficient (Wildman–Crippen LogP) is 3.99. The molecule has 0 aliphatic carbocycles. The van der Waals surface area contributed by atoms with Crippen molar-refractivity contribution in [3.8, 4) is 11.5 Å². The lowest BCUT2D eigenvalue weighted by Gasteiger charge is -2.41. The number of fused-ring (bicyclic) bond motifs is 2. The van der Waals surface area contributed by atoms with Crippen LogP contribution in [-0.2, 0) is 6.42 Å². The van der Waals surface area contributed by atoms with Gasteiger partial charge in [-0.05, 0) is 30.2 Å². The second kappa shape index (κ2) is 6.21. The van der Waals surface area contributed by atoms with Gasteiger partial charge in [-0.2, -0.15) is 0 Å². The first-order valence-corrected chi connectivity index (χ1v) is 8.57. The van der Waals surface area contributed by atoms with Crippen LogP contribution in [0, 0.1) is 0 Å². The van der Waals surface area contributed by atoms with Crippen molar-refractivity contribution in [1.29, 1.82) is 0 Å². The van der Waals surface area contributed by atoms with E-state index in [1.54, 1.807) is 0 Å². The fourth-order valence-electron chi connectivity index (χ4n) is 3.39. The number of hydrogen-bond acceptors (Lipinski definition) is 4. The molecule has 0 saturated heterocycles. The molecule has 0 amide bonds. The molecular formula is C20H22N2O2. The highest BCUT2D eigenvalue weighted by Gasteiger charge is 2.40. The maximum absolute atomic E-state index is 5.89. The lowest BCUT2D eigenvalue weighted by atomic mass is 9.81. The number of benzene rings is 2. The molecule has 0 saturated carbocycles. The Labute approximate surface area is 142 Å². The number of hydrogen-bond donors (Lipinski definition) is 2.